The van der Waals surface area contributed by atoms with Crippen molar-refractivity contribution in [3.8, 4) is 0 Å². The van der Waals surface area contributed by atoms with Crippen LogP contribution in [0.3, 0.4) is 0 Å². The molecule has 1 rings (SSSR count). The molecule has 0 aromatic rings. The molecule has 1 aliphatic rings. The number of hydrogen-bond donors (Lipinski definition) is 6. The Balaban J connectivity index is 2.66. The largest absolute Gasteiger partial charge is 0.454 e. The van der Waals surface area contributed by atoms with E-state index in [2.05, 4.69) is 111 Å². The summed E-state index contributed by atoms with van der Waals surface area (Å²) in [4.78, 5) is 26.5. The number of allylic oxidation sites excluding steroid dienone is 21. The van der Waals surface area contributed by atoms with E-state index in [-0.39, 0.29) is 19.4 Å². The average molecular weight is 1120 g/mol. The molecule has 454 valence electrons. The molecule has 0 aromatic carbocycles. The molecular weight excluding hydrogens is 1000 g/mol. The number of hydrogen-bond acceptors (Lipinski definition) is 10. The highest BCUT2D eigenvalue weighted by molar-refractivity contribution is 5.80. The van der Waals surface area contributed by atoms with E-state index in [1.54, 1.807) is 6.08 Å². The molecule has 0 aromatic heterocycles. The summed E-state index contributed by atoms with van der Waals surface area (Å²) >= 11 is 0. The van der Waals surface area contributed by atoms with Crippen LogP contribution >= 0.6 is 0 Å². The van der Waals surface area contributed by atoms with E-state index in [1.165, 1.54) is 44.9 Å². The van der Waals surface area contributed by atoms with Crippen LogP contribution in [0.25, 0.3) is 0 Å². The molecule has 1 aliphatic heterocycles. The molecule has 0 bridgehead atoms. The van der Waals surface area contributed by atoms with Crippen LogP contribution in [0.2, 0.25) is 0 Å². The van der Waals surface area contributed by atoms with E-state index in [1.807, 2.05) is 42.5 Å². The molecule has 1 heterocycles. The van der Waals surface area contributed by atoms with Gasteiger partial charge in [-0.15, -0.1) is 0 Å². The van der Waals surface area contributed by atoms with Gasteiger partial charge < -0.3 is 45.1 Å². The van der Waals surface area contributed by atoms with Crippen LogP contribution in [0.1, 0.15) is 226 Å². The Labute approximate surface area is 486 Å². The van der Waals surface area contributed by atoms with Crippen molar-refractivity contribution in [1.82, 2.24) is 5.32 Å². The molecule has 8 unspecified atom stereocenters. The normalized spacial score (nSPS) is 19.7. The third-order valence-corrected chi connectivity index (χ3v) is 13.9. The fourth-order valence-corrected chi connectivity index (χ4v) is 8.96. The van der Waals surface area contributed by atoms with Crippen LogP contribution in [0.5, 0.6) is 0 Å². The summed E-state index contributed by atoms with van der Waals surface area (Å²) in [6, 6.07) is -1.05. The van der Waals surface area contributed by atoms with E-state index in [9.17, 15) is 35.1 Å². The minimum Gasteiger partial charge on any atom is -0.454 e. The molecule has 1 amide bonds. The lowest BCUT2D eigenvalue weighted by Gasteiger charge is -2.41. The molecule has 0 radical (unpaired) electrons. The van der Waals surface area contributed by atoms with Crippen molar-refractivity contribution in [3.63, 3.8) is 0 Å². The monoisotopic (exact) mass is 1120 g/mol. The number of carbonyl (C=O) groups is 2. The Bertz CT molecular complexity index is 1810. The van der Waals surface area contributed by atoms with Crippen LogP contribution in [0, 0.1) is 0 Å². The highest BCUT2D eigenvalue weighted by Gasteiger charge is 2.47. The van der Waals surface area contributed by atoms with Gasteiger partial charge in [0.1, 0.15) is 24.4 Å². The Morgan fingerprint density at radius 2 is 0.963 bits per heavy atom. The molecule has 0 saturated carbocycles. The molecular formula is C69H113NO10. The number of rotatable bonds is 51. The van der Waals surface area contributed by atoms with Gasteiger partial charge >= 0.3 is 5.97 Å². The number of amides is 1. The second kappa shape index (κ2) is 55.3. The van der Waals surface area contributed by atoms with Crippen molar-refractivity contribution in [2.75, 3.05) is 13.2 Å². The minimum atomic E-state index is -1.63. The highest BCUT2D eigenvalue weighted by Crippen LogP contribution is 2.26. The lowest BCUT2D eigenvalue weighted by Crippen LogP contribution is -2.61. The zero-order valence-corrected chi connectivity index (χ0v) is 50.1. The molecule has 0 spiro atoms. The summed E-state index contributed by atoms with van der Waals surface area (Å²) in [5.41, 5.74) is 0. The summed E-state index contributed by atoms with van der Waals surface area (Å²) < 4.78 is 17.6. The molecule has 0 aliphatic carbocycles. The average Bonchev–Trinajstić information content (AvgIpc) is 3.46. The van der Waals surface area contributed by atoms with Crippen LogP contribution in [0.15, 0.2) is 134 Å². The second-order valence-corrected chi connectivity index (χ2v) is 21.1. The maximum absolute atomic E-state index is 13.4. The van der Waals surface area contributed by atoms with Gasteiger partial charge in [-0.3, -0.25) is 9.59 Å². The van der Waals surface area contributed by atoms with Gasteiger partial charge in [-0.05, 0) is 96.3 Å². The van der Waals surface area contributed by atoms with Crippen molar-refractivity contribution in [3.05, 3.63) is 134 Å². The molecule has 8 atom stereocenters. The number of aliphatic hydroxyl groups is 5. The molecule has 80 heavy (non-hydrogen) atoms. The molecule has 1 saturated heterocycles. The van der Waals surface area contributed by atoms with Crippen LogP contribution < -0.4 is 5.32 Å². The van der Waals surface area contributed by atoms with Crippen LogP contribution in [0.4, 0.5) is 0 Å². The van der Waals surface area contributed by atoms with Gasteiger partial charge in [-0.2, -0.15) is 0 Å². The predicted molar refractivity (Wildman–Crippen MR) is 333 cm³/mol. The van der Waals surface area contributed by atoms with E-state index >= 15 is 0 Å². The van der Waals surface area contributed by atoms with Gasteiger partial charge in [0.15, 0.2) is 12.4 Å². The zero-order chi connectivity index (χ0) is 58.2. The third kappa shape index (κ3) is 42.6. The first-order chi connectivity index (χ1) is 39.2. The first-order valence-corrected chi connectivity index (χ1v) is 31.5. The highest BCUT2D eigenvalue weighted by atomic mass is 16.7. The maximum Gasteiger partial charge on any atom is 0.306 e. The van der Waals surface area contributed by atoms with Gasteiger partial charge in [0.25, 0.3) is 0 Å². The Kier molecular flexibility index (Phi) is 51.1. The quantitative estimate of drug-likeness (QED) is 0.0149. The summed E-state index contributed by atoms with van der Waals surface area (Å²) in [5.74, 6) is -1.25. The lowest BCUT2D eigenvalue weighted by atomic mass is 9.99. The molecule has 6 N–H and O–H groups in total. The SMILES string of the molecule is CC/C=C\C/C=C\C/C=C\C/C=C\C/C=C\C/C=C\CCCCCCCCC(=O)OC1C(OCC(NC(=O)C(O)CCCCCC\C=C/C=C/C=C/C=C/CC)C(O)/C=C/CCCCCCCCCCCC)OC(CO)C(O)C1O. The number of ether oxygens (including phenoxy) is 3. The lowest BCUT2D eigenvalue weighted by molar-refractivity contribution is -0.305. The Morgan fingerprint density at radius 1 is 0.512 bits per heavy atom. The van der Waals surface area contributed by atoms with Gasteiger partial charge in [0.2, 0.25) is 5.91 Å². The van der Waals surface area contributed by atoms with Crippen molar-refractivity contribution in [2.45, 2.75) is 275 Å². The van der Waals surface area contributed by atoms with Crippen LogP contribution in [-0.2, 0) is 23.8 Å². The summed E-state index contributed by atoms with van der Waals surface area (Å²) in [7, 11) is 0. The Hall–Kier alpha value is -4.20. The zero-order valence-electron chi connectivity index (χ0n) is 50.1. The van der Waals surface area contributed by atoms with Crippen molar-refractivity contribution < 1.29 is 49.3 Å². The molecule has 1 fully saturated rings. The van der Waals surface area contributed by atoms with E-state index < -0.39 is 67.4 Å². The fraction of sp³-hybridized carbons (Fsp3) is 0.652. The standard InChI is InChI=1S/C69H113NO10/c1-4-7-10-13-16-19-22-25-27-28-29-30-31-32-33-34-35-36-37-39-42-45-48-51-54-57-64(74)80-67-66(76)65(75)63(58-71)79-69(67)78-59-60(61(72)55-52-49-46-43-40-24-21-18-15-12-9-6-3)70-68(77)62(73)56-53-50-47-44-41-38-26-23-20-17-14-11-8-5-2/h7-8,10-11,14,16-17,19-20,23,25-27,29-30,32-33,35-36,38,52,55,60-63,65-67,69,71-73,75-76H,4-6,9,12-13,15,18,21-22,24,28,31,34,37,39-51,53-54,56-59H2,1-3H3,(H,70,77)/b10-7-,11-8+,17-14+,19-16-,23-20+,27-25-,30-29-,33-32-,36-35-,38-26-,55-52+. The van der Waals surface area contributed by atoms with E-state index in [4.69, 9.17) is 14.2 Å². The Morgan fingerprint density at radius 3 is 1.50 bits per heavy atom. The smallest absolute Gasteiger partial charge is 0.306 e. The summed E-state index contributed by atoms with van der Waals surface area (Å²) in [5, 5.41) is 57.0. The fourth-order valence-electron chi connectivity index (χ4n) is 8.96. The van der Waals surface area contributed by atoms with Crippen molar-refractivity contribution >= 4 is 11.9 Å². The van der Waals surface area contributed by atoms with Gasteiger partial charge in [0, 0.05) is 6.42 Å². The van der Waals surface area contributed by atoms with Crippen molar-refractivity contribution in [1.29, 1.82) is 0 Å². The first kappa shape index (κ1) is 73.8. The van der Waals surface area contributed by atoms with E-state index in [0.29, 0.717) is 12.8 Å². The third-order valence-electron chi connectivity index (χ3n) is 13.9. The summed E-state index contributed by atoms with van der Waals surface area (Å²) in [6.45, 7) is 5.49. The van der Waals surface area contributed by atoms with Gasteiger partial charge in [0.05, 0.1) is 25.4 Å². The number of carbonyl (C=O) groups excluding carboxylic acids is 2. The number of aliphatic hydroxyl groups excluding tert-OH is 5. The number of esters is 1. The second-order valence-electron chi connectivity index (χ2n) is 21.1. The van der Waals surface area contributed by atoms with Crippen molar-refractivity contribution in [2.24, 2.45) is 0 Å². The minimum absolute atomic E-state index is 0.0947. The predicted octanol–water partition coefficient (Wildman–Crippen LogP) is 15.2. The first-order valence-electron chi connectivity index (χ1n) is 31.5. The number of nitrogens with one attached hydrogen (secondary N) is 1. The molecule has 11 nitrogen and oxygen atoms in total. The maximum atomic E-state index is 13.4. The summed E-state index contributed by atoms with van der Waals surface area (Å²) in [6.07, 6.45) is 67.7. The van der Waals surface area contributed by atoms with E-state index in [0.717, 1.165) is 135 Å². The topological polar surface area (TPSA) is 175 Å². The van der Waals surface area contributed by atoms with Crippen LogP contribution in [-0.4, -0.2) is 99.6 Å². The number of unbranched alkanes of at least 4 members (excludes halogenated alkanes) is 20. The molecule has 11 heteroatoms. The van der Waals surface area contributed by atoms with Gasteiger partial charge in [-0.25, -0.2) is 0 Å². The van der Waals surface area contributed by atoms with Gasteiger partial charge in [-0.1, -0.05) is 257 Å².